The molecule has 0 amide bonds. The maximum absolute atomic E-state index is 14.2. The summed E-state index contributed by atoms with van der Waals surface area (Å²) in [5.74, 6) is 1.47. The summed E-state index contributed by atoms with van der Waals surface area (Å²) < 4.78 is 371. The van der Waals surface area contributed by atoms with Gasteiger partial charge in [-0.15, -0.1) is 0 Å². The van der Waals surface area contributed by atoms with Gasteiger partial charge in [0.2, 0.25) is 0 Å². The fourth-order valence-corrected chi connectivity index (χ4v) is 11.4. The Bertz CT molecular complexity index is 3540. The molecule has 0 aromatic heterocycles. The molecule has 0 bridgehead atoms. The summed E-state index contributed by atoms with van der Waals surface area (Å²) in [5, 5.41) is 0. The van der Waals surface area contributed by atoms with Crippen molar-refractivity contribution in [3.8, 4) is 0 Å². The van der Waals surface area contributed by atoms with Crippen LogP contribution in [0.3, 0.4) is 0 Å². The van der Waals surface area contributed by atoms with Crippen molar-refractivity contribution in [2.45, 2.75) is 108 Å². The molecule has 0 fully saturated rings. The molecule has 510 valence electrons. The molecule has 2 N–H and O–H groups in total. The number of benzene rings is 7. The van der Waals surface area contributed by atoms with Crippen LogP contribution in [0.2, 0.25) is 0 Å². The second kappa shape index (κ2) is 27.9. The van der Waals surface area contributed by atoms with Gasteiger partial charge in [-0.25, -0.2) is 8.42 Å². The zero-order valence-corrected chi connectivity index (χ0v) is 52.1. The molecule has 0 unspecified atom stereocenters. The van der Waals surface area contributed by atoms with Gasteiger partial charge in [0.1, 0.15) is 16.2 Å². The number of alkyl halides is 24. The second-order valence-electron chi connectivity index (χ2n) is 21.5. The maximum Gasteiger partial charge on any atom is 0.416 e. The van der Waals surface area contributed by atoms with E-state index in [1.807, 2.05) is 67.6 Å². The van der Waals surface area contributed by atoms with Crippen LogP contribution in [0.1, 0.15) is 108 Å². The van der Waals surface area contributed by atoms with Gasteiger partial charge in [0.05, 0.1) is 44.5 Å². The first-order valence-electron chi connectivity index (χ1n) is 26.7. The molecule has 0 heterocycles. The summed E-state index contributed by atoms with van der Waals surface area (Å²) in [4.78, 5) is 0.171. The number of nitrogens with zero attached hydrogens (tertiary/aromatic N) is 1. The van der Waals surface area contributed by atoms with Crippen molar-refractivity contribution in [1.29, 1.82) is 0 Å². The Balaban J connectivity index is 0.000000352. The average molecular weight is 1560 g/mol. The summed E-state index contributed by atoms with van der Waals surface area (Å²) in [7, 11) is -3.83. The molecule has 0 saturated carbocycles. The van der Waals surface area contributed by atoms with Gasteiger partial charge in [0.25, 0.3) is 0 Å². The van der Waals surface area contributed by atoms with Gasteiger partial charge in [0.15, 0.2) is 0 Å². The number of rotatable bonds is 10. The Morgan fingerprint density at radius 2 is 0.574 bits per heavy atom. The molecule has 4 nitrogen and oxygen atoms in total. The van der Waals surface area contributed by atoms with Crippen molar-refractivity contribution < 1.29 is 134 Å². The molecule has 31 heteroatoms. The second-order valence-corrected chi connectivity index (χ2v) is 23.2. The van der Waals surface area contributed by atoms with Crippen molar-refractivity contribution in [2.75, 3.05) is 0 Å². The number of sulfonamides is 1. The quantitative estimate of drug-likeness (QED) is 0.110. The first kappa shape index (κ1) is 77.6. The van der Waals surface area contributed by atoms with Gasteiger partial charge in [-0.3, -0.25) is 0 Å². The van der Waals surface area contributed by atoms with E-state index in [0.29, 0.717) is 0 Å². The first-order chi connectivity index (χ1) is 42.3. The molecular weight excluding hydrogens is 1510 g/mol. The minimum atomic E-state index is -6.13. The topological polar surface area (TPSA) is 74.3 Å². The molecule has 7 aromatic rings. The third-order valence-electron chi connectivity index (χ3n) is 15.5. The molecule has 0 saturated heterocycles. The van der Waals surface area contributed by atoms with E-state index in [1.165, 1.54) is 28.2 Å². The van der Waals surface area contributed by atoms with Crippen LogP contribution in [0, 0.1) is 12.8 Å². The fraction of sp³-hybridized carbons (Fsp3) is 0.254. The van der Waals surface area contributed by atoms with Gasteiger partial charge in [-0.2, -0.15) is 127 Å². The van der Waals surface area contributed by atoms with Gasteiger partial charge in [-0.05, 0) is 87.7 Å². The van der Waals surface area contributed by atoms with E-state index in [0.717, 1.165) is 16.7 Å². The van der Waals surface area contributed by atoms with E-state index in [9.17, 15) is 114 Å². The Morgan fingerprint density at radius 1 is 0.340 bits per heavy atom. The van der Waals surface area contributed by atoms with Crippen LogP contribution in [0.4, 0.5) is 105 Å². The zero-order valence-electron chi connectivity index (χ0n) is 48.9. The number of halogens is 24. The molecule has 94 heavy (non-hydrogen) atoms. The fourth-order valence-electron chi connectivity index (χ4n) is 10.2. The molecule has 2 atom stereocenters. The number of aryl methyl sites for hydroxylation is 1. The molecule has 1 aliphatic rings. The van der Waals surface area contributed by atoms with E-state index in [2.05, 4.69) is 39.3 Å². The van der Waals surface area contributed by atoms with Crippen molar-refractivity contribution in [3.63, 3.8) is 0 Å². The van der Waals surface area contributed by atoms with Gasteiger partial charge in [-0.1, -0.05) is 157 Å². The Kier molecular flexibility index (Phi) is 23.1. The van der Waals surface area contributed by atoms with Gasteiger partial charge >= 0.3 is 49.4 Å². The van der Waals surface area contributed by atoms with E-state index in [1.54, 1.807) is 24.3 Å². The SMILES string of the molecule is C[C]1C(C)=C(C)C(C)=C1C.Cc1ccc(S(=O)(=O)[N-][C@H](c2ccccc2)[C@H](N)c2ccccc2)cc1.FC(F)(F)c1cc([B-](c2cc(C(F)(F)F)cc(C(F)(F)F)c2)(c2cc(C(F)(F)F)cc(C(F)(F)F)c2)c2cc(C(F)(F)F)cc(C(F)(F)F)c2)cc(C(F)(F)F)c1.[Ir]. The number of hydrogen-bond acceptors (Lipinski definition) is 3. The smallest absolute Gasteiger partial charge is 0.416 e. The van der Waals surface area contributed by atoms with Gasteiger partial charge < -0.3 is 10.5 Å². The van der Waals surface area contributed by atoms with Crippen molar-refractivity contribution >= 4 is 38.0 Å². The summed E-state index contributed by atoms with van der Waals surface area (Å²) >= 11 is 0. The van der Waals surface area contributed by atoms with E-state index in [-0.39, 0.29) is 25.0 Å². The van der Waals surface area contributed by atoms with E-state index >= 15 is 0 Å². The van der Waals surface area contributed by atoms with Crippen LogP contribution in [-0.2, 0) is 79.5 Å². The zero-order chi connectivity index (χ0) is 70.4. The van der Waals surface area contributed by atoms with Crippen molar-refractivity contribution in [2.24, 2.45) is 5.73 Å². The minimum absolute atomic E-state index is 0. The molecule has 8 rings (SSSR count). The Morgan fingerprint density at radius 3 is 0.787 bits per heavy atom. The molecule has 2 radical (unpaired) electrons. The summed E-state index contributed by atoms with van der Waals surface area (Å²) in [5.41, 5.74) is -15.3. The third kappa shape index (κ3) is 18.1. The van der Waals surface area contributed by atoms with Crippen molar-refractivity contribution in [1.82, 2.24) is 0 Å². The maximum atomic E-state index is 14.2. The van der Waals surface area contributed by atoms with Crippen LogP contribution in [0.5, 0.6) is 0 Å². The summed E-state index contributed by atoms with van der Waals surface area (Å²) in [6.07, 6.45) is -54.8. The predicted molar refractivity (Wildman–Crippen MR) is 300 cm³/mol. The number of allylic oxidation sites excluding steroid dienone is 4. The average Bonchev–Trinajstić information content (AvgIpc) is 0.801. The predicted octanol–water partition coefficient (Wildman–Crippen LogP) is 19.0. The number of hydrogen-bond donors (Lipinski definition) is 1. The molecule has 7 aromatic carbocycles. The molecule has 1 aliphatic carbocycles. The summed E-state index contributed by atoms with van der Waals surface area (Å²) in [6.45, 7) is 12.9. The van der Waals surface area contributed by atoms with Crippen LogP contribution < -0.4 is 27.6 Å². The molecule has 0 aliphatic heterocycles. The van der Waals surface area contributed by atoms with Crippen molar-refractivity contribution in [3.05, 3.63) is 252 Å². The summed E-state index contributed by atoms with van der Waals surface area (Å²) in [6, 6.07) is 15.3. The third-order valence-corrected chi connectivity index (χ3v) is 16.9. The van der Waals surface area contributed by atoms with E-state index < -0.39 is 217 Å². The normalized spacial score (nSPS) is 14.8. The van der Waals surface area contributed by atoms with Crippen LogP contribution >= 0.6 is 0 Å². The molecular formula is C63H48BF24IrN2O2S-2. The minimum Gasteiger partial charge on any atom is -0.537 e. The van der Waals surface area contributed by atoms with Crippen LogP contribution in [0.15, 0.2) is 185 Å². The van der Waals surface area contributed by atoms with Crippen LogP contribution in [-0.4, -0.2) is 14.6 Å². The van der Waals surface area contributed by atoms with Gasteiger partial charge in [0, 0.05) is 37.0 Å². The van der Waals surface area contributed by atoms with E-state index in [4.69, 9.17) is 5.73 Å². The molecule has 0 spiro atoms. The Labute approximate surface area is 535 Å². The standard InChI is InChI=1S/C32H12BF24.C21H21N2O2S.C10H15.Ir/c34-25(35,36)13-1-14(26(37,38)39)6-21(5-13)33(22-7-15(27(40,41)42)2-16(8-22)28(43,44)45,23-9-17(29(46,47)48)3-18(10-23)30(49,50)51)24-11-19(31(52,53)54)4-20(12-24)32(55,56)57;1-16-12-14-19(15-13-16)26(24,25)23-21(18-10-6-3-7-11-18)20(22)17-8-4-2-5-9-17;1-6-7(2)9(4)10(5)8(6)3;/h1-12H;2-15,20-21H,22H2,1H3;1-5H3;/q2*-1;;/t;20-,21-;;/m.1../s1. The van der Waals surface area contributed by atoms with Crippen LogP contribution in [0.25, 0.3) is 4.72 Å². The number of nitrogens with two attached hydrogens (primary N) is 1. The first-order valence-corrected chi connectivity index (χ1v) is 28.2. The monoisotopic (exact) mass is 1560 g/mol. The Hall–Kier alpha value is -7.08. The largest absolute Gasteiger partial charge is 0.537 e.